The summed E-state index contributed by atoms with van der Waals surface area (Å²) in [6, 6.07) is 0. The van der Waals surface area contributed by atoms with Gasteiger partial charge in [0.2, 0.25) is 0 Å². The molecule has 1 aliphatic heterocycles. The van der Waals surface area contributed by atoms with Crippen LogP contribution < -0.4 is 4.90 Å². The lowest BCUT2D eigenvalue weighted by molar-refractivity contribution is 0.112. The standard InChI is InChI=1S/C8H9ClN2O2S/c9-7-6(4-12)14-8(10-7)11-2-1-5(13)3-11/h4-5,13H,1-3H2. The van der Waals surface area contributed by atoms with Crippen LogP contribution in [0.4, 0.5) is 5.13 Å². The smallest absolute Gasteiger partial charge is 0.187 e. The summed E-state index contributed by atoms with van der Waals surface area (Å²) in [6.07, 6.45) is 1.15. The average Bonchev–Trinajstić information content (AvgIpc) is 2.71. The zero-order valence-corrected chi connectivity index (χ0v) is 8.88. The molecule has 1 fully saturated rings. The average molecular weight is 233 g/mol. The Labute approximate surface area is 90.1 Å². The zero-order valence-electron chi connectivity index (χ0n) is 7.31. The molecule has 4 nitrogen and oxygen atoms in total. The molecule has 0 bridgehead atoms. The molecule has 1 aromatic rings. The van der Waals surface area contributed by atoms with Gasteiger partial charge in [-0.15, -0.1) is 0 Å². The maximum absolute atomic E-state index is 10.5. The summed E-state index contributed by atoms with van der Waals surface area (Å²) in [5, 5.41) is 10.3. The van der Waals surface area contributed by atoms with E-state index in [0.29, 0.717) is 22.8 Å². The molecule has 0 saturated carbocycles. The molecule has 1 N–H and O–H groups in total. The van der Waals surface area contributed by atoms with Gasteiger partial charge >= 0.3 is 0 Å². The van der Waals surface area contributed by atoms with Crippen molar-refractivity contribution in [2.75, 3.05) is 18.0 Å². The van der Waals surface area contributed by atoms with Crippen molar-refractivity contribution < 1.29 is 9.90 Å². The van der Waals surface area contributed by atoms with E-state index in [1.54, 1.807) is 0 Å². The maximum Gasteiger partial charge on any atom is 0.187 e. The second-order valence-corrected chi connectivity index (χ2v) is 4.52. The van der Waals surface area contributed by atoms with E-state index in [1.807, 2.05) is 4.90 Å². The first kappa shape index (κ1) is 9.89. The van der Waals surface area contributed by atoms with Crippen molar-refractivity contribution in [1.82, 2.24) is 4.98 Å². The molecule has 2 rings (SSSR count). The van der Waals surface area contributed by atoms with Crippen LogP contribution in [-0.2, 0) is 0 Å². The molecule has 2 heterocycles. The summed E-state index contributed by atoms with van der Waals surface area (Å²) >= 11 is 7.00. The number of carbonyl (C=O) groups excluding carboxylic acids is 1. The Bertz CT molecular complexity index is 355. The molecule has 6 heteroatoms. The number of thiazole rings is 1. The van der Waals surface area contributed by atoms with Crippen molar-refractivity contribution in [2.45, 2.75) is 12.5 Å². The molecule has 1 atom stereocenters. The Morgan fingerprint density at radius 2 is 2.50 bits per heavy atom. The quantitative estimate of drug-likeness (QED) is 0.778. The van der Waals surface area contributed by atoms with Gasteiger partial charge in [0.25, 0.3) is 0 Å². The van der Waals surface area contributed by atoms with E-state index in [1.165, 1.54) is 11.3 Å². The lowest BCUT2D eigenvalue weighted by Gasteiger charge is -2.12. The van der Waals surface area contributed by atoms with Gasteiger partial charge in [0.05, 0.1) is 6.10 Å². The van der Waals surface area contributed by atoms with Crippen molar-refractivity contribution in [3.63, 3.8) is 0 Å². The number of β-amino-alcohol motifs (C(OH)–C–C–N with tert-alkyl or cyclic N) is 1. The van der Waals surface area contributed by atoms with Crippen molar-refractivity contribution in [2.24, 2.45) is 0 Å². The van der Waals surface area contributed by atoms with Crippen LogP contribution in [0.1, 0.15) is 16.1 Å². The number of hydrogen-bond acceptors (Lipinski definition) is 5. The predicted molar refractivity (Wildman–Crippen MR) is 55.3 cm³/mol. The van der Waals surface area contributed by atoms with Crippen LogP contribution in [0.5, 0.6) is 0 Å². The number of aliphatic hydroxyl groups is 1. The highest BCUT2D eigenvalue weighted by atomic mass is 35.5. The Hall–Kier alpha value is -0.650. The fourth-order valence-corrected chi connectivity index (χ4v) is 2.52. The molecular weight excluding hydrogens is 224 g/mol. The number of hydrogen-bond donors (Lipinski definition) is 1. The molecule has 0 amide bonds. The van der Waals surface area contributed by atoms with Gasteiger partial charge < -0.3 is 10.0 Å². The number of rotatable bonds is 2. The summed E-state index contributed by atoms with van der Waals surface area (Å²) in [7, 11) is 0. The first-order valence-electron chi connectivity index (χ1n) is 4.25. The lowest BCUT2D eigenvalue weighted by atomic mass is 10.3. The van der Waals surface area contributed by atoms with E-state index >= 15 is 0 Å². The monoisotopic (exact) mass is 232 g/mol. The fourth-order valence-electron chi connectivity index (χ4n) is 1.43. The molecule has 1 aromatic heterocycles. The van der Waals surface area contributed by atoms with Gasteiger partial charge in [0.15, 0.2) is 16.6 Å². The second kappa shape index (κ2) is 3.84. The second-order valence-electron chi connectivity index (χ2n) is 3.16. The summed E-state index contributed by atoms with van der Waals surface area (Å²) in [5.74, 6) is 0. The van der Waals surface area contributed by atoms with Gasteiger partial charge in [0, 0.05) is 13.1 Å². The number of aldehydes is 1. The molecule has 14 heavy (non-hydrogen) atoms. The van der Waals surface area contributed by atoms with Crippen LogP contribution in [0.15, 0.2) is 0 Å². The van der Waals surface area contributed by atoms with Crippen LogP contribution in [-0.4, -0.2) is 35.6 Å². The first-order valence-corrected chi connectivity index (χ1v) is 5.44. The molecule has 0 aliphatic carbocycles. The van der Waals surface area contributed by atoms with Gasteiger partial charge in [-0.3, -0.25) is 4.79 Å². The summed E-state index contributed by atoms with van der Waals surface area (Å²) in [6.45, 7) is 1.34. The summed E-state index contributed by atoms with van der Waals surface area (Å²) < 4.78 is 0. The Kier molecular flexibility index (Phi) is 2.71. The fraction of sp³-hybridized carbons (Fsp3) is 0.500. The van der Waals surface area contributed by atoms with Crippen LogP contribution in [0.2, 0.25) is 5.15 Å². The largest absolute Gasteiger partial charge is 0.391 e. The normalized spacial score (nSPS) is 21.6. The van der Waals surface area contributed by atoms with Gasteiger partial charge in [-0.25, -0.2) is 4.98 Å². The maximum atomic E-state index is 10.5. The molecular formula is C8H9ClN2O2S. The molecule has 1 saturated heterocycles. The predicted octanol–water partition coefficient (Wildman–Crippen LogP) is 1.18. The van der Waals surface area contributed by atoms with E-state index < -0.39 is 0 Å². The van der Waals surface area contributed by atoms with Crippen LogP contribution in [0.25, 0.3) is 0 Å². The van der Waals surface area contributed by atoms with Crippen molar-refractivity contribution in [3.05, 3.63) is 10.0 Å². The van der Waals surface area contributed by atoms with E-state index in [9.17, 15) is 9.90 Å². The highest BCUT2D eigenvalue weighted by molar-refractivity contribution is 7.17. The van der Waals surface area contributed by atoms with E-state index in [0.717, 1.165) is 13.0 Å². The minimum absolute atomic E-state index is 0.251. The molecule has 76 valence electrons. The van der Waals surface area contributed by atoms with Crippen molar-refractivity contribution >= 4 is 34.4 Å². The number of aromatic nitrogens is 1. The Morgan fingerprint density at radius 3 is 3.00 bits per heavy atom. The minimum atomic E-state index is -0.294. The molecule has 0 spiro atoms. The number of halogens is 1. The number of anilines is 1. The Balaban J connectivity index is 2.20. The van der Waals surface area contributed by atoms with Gasteiger partial charge in [0.1, 0.15) is 4.88 Å². The lowest BCUT2D eigenvalue weighted by Crippen LogP contribution is -2.20. The van der Waals surface area contributed by atoms with Crippen molar-refractivity contribution in [1.29, 1.82) is 0 Å². The van der Waals surface area contributed by atoms with Gasteiger partial charge in [-0.2, -0.15) is 0 Å². The van der Waals surface area contributed by atoms with Gasteiger partial charge in [-0.1, -0.05) is 22.9 Å². The SMILES string of the molecule is O=Cc1sc(N2CCC(O)C2)nc1Cl. The van der Waals surface area contributed by atoms with Crippen LogP contribution >= 0.6 is 22.9 Å². The van der Waals surface area contributed by atoms with Crippen LogP contribution in [0.3, 0.4) is 0 Å². The Morgan fingerprint density at radius 1 is 1.71 bits per heavy atom. The first-order chi connectivity index (χ1) is 6.70. The number of carbonyl (C=O) groups is 1. The third-order valence-electron chi connectivity index (χ3n) is 2.14. The third kappa shape index (κ3) is 1.75. The van der Waals surface area contributed by atoms with Crippen molar-refractivity contribution in [3.8, 4) is 0 Å². The minimum Gasteiger partial charge on any atom is -0.391 e. The van der Waals surface area contributed by atoms with Crippen LogP contribution in [0, 0.1) is 0 Å². The number of aliphatic hydroxyl groups excluding tert-OH is 1. The molecule has 0 aromatic carbocycles. The van der Waals surface area contributed by atoms with Gasteiger partial charge in [-0.05, 0) is 6.42 Å². The molecule has 1 aliphatic rings. The summed E-state index contributed by atoms with van der Waals surface area (Å²) in [5.41, 5.74) is 0. The highest BCUT2D eigenvalue weighted by Gasteiger charge is 2.23. The highest BCUT2D eigenvalue weighted by Crippen LogP contribution is 2.30. The topological polar surface area (TPSA) is 53.4 Å². The zero-order chi connectivity index (χ0) is 10.1. The van der Waals surface area contributed by atoms with E-state index in [4.69, 9.17) is 11.6 Å². The number of nitrogens with zero attached hydrogens (tertiary/aromatic N) is 2. The van der Waals surface area contributed by atoms with E-state index in [-0.39, 0.29) is 11.3 Å². The molecule has 1 unspecified atom stereocenters. The van der Waals surface area contributed by atoms with E-state index in [2.05, 4.69) is 4.98 Å². The summed E-state index contributed by atoms with van der Waals surface area (Å²) in [4.78, 5) is 17.0. The third-order valence-corrected chi connectivity index (χ3v) is 3.58. The molecule has 0 radical (unpaired) electrons.